The number of aromatic carboxylic acids is 1. The number of phenolic OH excluding ortho intramolecular Hbond substituents is 1. The molecular formula is C15H15BrN2O3. The van der Waals surface area contributed by atoms with Crippen molar-refractivity contribution < 1.29 is 15.0 Å². The third-order valence-electron chi connectivity index (χ3n) is 3.89. The van der Waals surface area contributed by atoms with Crippen molar-refractivity contribution in [3.05, 3.63) is 33.4 Å². The average molecular weight is 351 g/mol. The van der Waals surface area contributed by atoms with Gasteiger partial charge in [-0.3, -0.25) is 5.10 Å². The molecule has 2 aromatic rings. The van der Waals surface area contributed by atoms with Crippen molar-refractivity contribution in [2.75, 3.05) is 0 Å². The molecule has 5 nitrogen and oxygen atoms in total. The first-order chi connectivity index (χ1) is 10.1. The summed E-state index contributed by atoms with van der Waals surface area (Å²) in [5.74, 6) is -0.937. The first-order valence-corrected chi connectivity index (χ1v) is 7.69. The molecule has 0 radical (unpaired) electrons. The number of benzene rings is 1. The third-order valence-corrected chi connectivity index (χ3v) is 4.50. The Morgan fingerprint density at radius 2 is 2.00 bits per heavy atom. The Balaban J connectivity index is 2.19. The molecule has 0 spiro atoms. The lowest BCUT2D eigenvalue weighted by molar-refractivity contribution is 0.0690. The average Bonchev–Trinajstić information content (AvgIpc) is 2.82. The smallest absolute Gasteiger partial charge is 0.353 e. The molecule has 3 N–H and O–H groups in total. The molecule has 110 valence electrons. The van der Waals surface area contributed by atoms with Gasteiger partial charge in [-0.25, -0.2) is 4.79 Å². The number of halogens is 1. The van der Waals surface area contributed by atoms with Crippen LogP contribution in [0.5, 0.6) is 5.75 Å². The summed E-state index contributed by atoms with van der Waals surface area (Å²) in [4.78, 5) is 11.0. The van der Waals surface area contributed by atoms with Crippen LogP contribution in [0.25, 0.3) is 11.3 Å². The number of aryl methyl sites for hydroxylation is 1. The molecule has 1 aromatic carbocycles. The molecule has 1 heterocycles. The highest BCUT2D eigenvalue weighted by Gasteiger charge is 2.22. The van der Waals surface area contributed by atoms with Gasteiger partial charge in [0.05, 0.1) is 10.2 Å². The van der Waals surface area contributed by atoms with Gasteiger partial charge in [-0.2, -0.15) is 5.10 Å². The molecule has 6 heteroatoms. The van der Waals surface area contributed by atoms with Gasteiger partial charge < -0.3 is 10.2 Å². The summed E-state index contributed by atoms with van der Waals surface area (Å²) in [5.41, 5.74) is 3.42. The van der Waals surface area contributed by atoms with Crippen molar-refractivity contribution in [3.8, 4) is 17.0 Å². The summed E-state index contributed by atoms with van der Waals surface area (Å²) in [7, 11) is 0. The fraction of sp³-hybridized carbons (Fsp3) is 0.333. The Morgan fingerprint density at radius 3 is 2.71 bits per heavy atom. The van der Waals surface area contributed by atoms with Crippen LogP contribution in [-0.4, -0.2) is 26.4 Å². The second-order valence-electron chi connectivity index (χ2n) is 5.25. The van der Waals surface area contributed by atoms with E-state index in [1.165, 1.54) is 11.6 Å². The quantitative estimate of drug-likeness (QED) is 0.723. The van der Waals surface area contributed by atoms with E-state index in [9.17, 15) is 9.90 Å². The molecule has 0 saturated heterocycles. The predicted octanol–water partition coefficient (Wildman–Crippen LogP) is 3.51. The predicted molar refractivity (Wildman–Crippen MR) is 81.6 cm³/mol. The number of carboxylic acid groups (broad SMARTS) is 1. The van der Waals surface area contributed by atoms with Crippen LogP contribution in [0.4, 0.5) is 0 Å². The Labute approximate surface area is 130 Å². The van der Waals surface area contributed by atoms with Gasteiger partial charge in [-0.1, -0.05) is 6.42 Å². The molecule has 21 heavy (non-hydrogen) atoms. The number of hydrogen-bond donors (Lipinski definition) is 3. The first-order valence-electron chi connectivity index (χ1n) is 6.90. The van der Waals surface area contributed by atoms with E-state index in [1.54, 1.807) is 0 Å². The fourth-order valence-corrected chi connectivity index (χ4v) is 3.34. The van der Waals surface area contributed by atoms with Gasteiger partial charge in [-0.15, -0.1) is 0 Å². The van der Waals surface area contributed by atoms with Crippen molar-refractivity contribution in [2.24, 2.45) is 0 Å². The number of hydrogen-bond acceptors (Lipinski definition) is 3. The van der Waals surface area contributed by atoms with Crippen LogP contribution in [0.1, 0.15) is 40.9 Å². The minimum absolute atomic E-state index is 0.0201. The number of nitrogens with one attached hydrogen (secondary N) is 1. The van der Waals surface area contributed by atoms with Crippen LogP contribution in [0, 0.1) is 0 Å². The maximum Gasteiger partial charge on any atom is 0.353 e. The van der Waals surface area contributed by atoms with Gasteiger partial charge in [-0.05, 0) is 64.9 Å². The first kappa shape index (κ1) is 14.1. The van der Waals surface area contributed by atoms with E-state index in [2.05, 4.69) is 26.1 Å². The van der Waals surface area contributed by atoms with Gasteiger partial charge in [0.1, 0.15) is 11.4 Å². The number of nitrogens with zero attached hydrogens (tertiary/aromatic N) is 1. The lowest BCUT2D eigenvalue weighted by Crippen LogP contribution is -1.97. The Kier molecular flexibility index (Phi) is 3.71. The van der Waals surface area contributed by atoms with E-state index >= 15 is 0 Å². The Morgan fingerprint density at radius 1 is 1.24 bits per heavy atom. The van der Waals surface area contributed by atoms with Crippen molar-refractivity contribution in [3.63, 3.8) is 0 Å². The van der Waals surface area contributed by atoms with Gasteiger partial charge in [0.15, 0.2) is 0 Å². The van der Waals surface area contributed by atoms with Gasteiger partial charge in [0.25, 0.3) is 0 Å². The minimum atomic E-state index is -1.06. The largest absolute Gasteiger partial charge is 0.506 e. The summed E-state index contributed by atoms with van der Waals surface area (Å²) in [6.45, 7) is 0. The number of carboxylic acids is 1. The molecule has 1 aromatic heterocycles. The Hall–Kier alpha value is -1.82. The van der Waals surface area contributed by atoms with Crippen molar-refractivity contribution in [2.45, 2.75) is 32.1 Å². The van der Waals surface area contributed by atoms with E-state index in [0.29, 0.717) is 15.7 Å². The number of H-pyrrole nitrogens is 1. The zero-order valence-electron chi connectivity index (χ0n) is 11.3. The fourth-order valence-electron chi connectivity index (χ4n) is 2.87. The van der Waals surface area contributed by atoms with E-state index in [1.807, 2.05) is 6.07 Å². The molecule has 0 aliphatic heterocycles. The topological polar surface area (TPSA) is 86.2 Å². The van der Waals surface area contributed by atoms with Crippen molar-refractivity contribution in [1.29, 1.82) is 0 Å². The molecule has 0 bridgehead atoms. The van der Waals surface area contributed by atoms with Gasteiger partial charge in [0.2, 0.25) is 0 Å². The number of rotatable bonds is 2. The van der Waals surface area contributed by atoms with E-state index in [-0.39, 0.29) is 11.4 Å². The second-order valence-corrected chi connectivity index (χ2v) is 6.11. The van der Waals surface area contributed by atoms with Gasteiger partial charge in [0, 0.05) is 5.56 Å². The van der Waals surface area contributed by atoms with Crippen LogP contribution >= 0.6 is 15.9 Å². The van der Waals surface area contributed by atoms with Crippen molar-refractivity contribution in [1.82, 2.24) is 10.2 Å². The summed E-state index contributed by atoms with van der Waals surface area (Å²) in [6, 6.07) is 3.43. The summed E-state index contributed by atoms with van der Waals surface area (Å²) >= 11 is 3.38. The van der Waals surface area contributed by atoms with Crippen LogP contribution in [0.2, 0.25) is 0 Å². The molecule has 1 aliphatic rings. The van der Waals surface area contributed by atoms with Crippen LogP contribution in [0.3, 0.4) is 0 Å². The molecule has 3 rings (SSSR count). The molecular weight excluding hydrogens is 336 g/mol. The standard InChI is InChI=1S/C15H15BrN2O3/c16-10-6-8-4-2-1-3-5-9(8)13(14(10)19)11-7-12(15(20)21)18-17-11/h6-7,19H,1-5H2,(H,17,18)(H,20,21). The molecule has 0 unspecified atom stereocenters. The minimum Gasteiger partial charge on any atom is -0.506 e. The summed E-state index contributed by atoms with van der Waals surface area (Å²) in [6.07, 6.45) is 5.20. The monoisotopic (exact) mass is 350 g/mol. The zero-order valence-corrected chi connectivity index (χ0v) is 12.9. The highest BCUT2D eigenvalue weighted by Crippen LogP contribution is 2.41. The number of fused-ring (bicyclic) bond motifs is 1. The third kappa shape index (κ3) is 2.55. The summed E-state index contributed by atoms with van der Waals surface area (Å²) in [5, 5.41) is 26.0. The molecule has 0 amide bonds. The van der Waals surface area contributed by atoms with E-state index < -0.39 is 5.97 Å². The van der Waals surface area contributed by atoms with E-state index in [4.69, 9.17) is 5.11 Å². The van der Waals surface area contributed by atoms with Crippen LogP contribution in [-0.2, 0) is 12.8 Å². The lowest BCUT2D eigenvalue weighted by Gasteiger charge is -2.14. The SMILES string of the molecule is O=C(O)c1cc(-c2c(O)c(Br)cc3c2CCCCC3)n[nH]1. The number of aromatic nitrogens is 2. The second kappa shape index (κ2) is 5.52. The zero-order chi connectivity index (χ0) is 15.0. The van der Waals surface area contributed by atoms with E-state index in [0.717, 1.165) is 37.7 Å². The van der Waals surface area contributed by atoms with Crippen molar-refractivity contribution >= 4 is 21.9 Å². The highest BCUT2D eigenvalue weighted by atomic mass is 79.9. The molecule has 0 fully saturated rings. The molecule has 0 atom stereocenters. The molecule has 0 saturated carbocycles. The number of phenols is 1. The lowest BCUT2D eigenvalue weighted by atomic mass is 9.94. The van der Waals surface area contributed by atoms with Crippen LogP contribution < -0.4 is 0 Å². The maximum atomic E-state index is 11.0. The normalized spacial score (nSPS) is 14.5. The van der Waals surface area contributed by atoms with Gasteiger partial charge >= 0.3 is 5.97 Å². The maximum absolute atomic E-state index is 11.0. The summed E-state index contributed by atoms with van der Waals surface area (Å²) < 4.78 is 0.623. The van der Waals surface area contributed by atoms with Crippen LogP contribution in [0.15, 0.2) is 16.6 Å². The highest BCUT2D eigenvalue weighted by molar-refractivity contribution is 9.10. The number of carbonyl (C=O) groups is 1. The number of aromatic amines is 1. The number of aromatic hydroxyl groups is 1. The molecule has 1 aliphatic carbocycles. The Bertz CT molecular complexity index is 709.